The van der Waals surface area contributed by atoms with Gasteiger partial charge in [0, 0.05) is 25.2 Å². The van der Waals surface area contributed by atoms with Gasteiger partial charge in [-0.05, 0) is 18.6 Å². The number of benzene rings is 1. The molecule has 0 spiro atoms. The van der Waals surface area contributed by atoms with E-state index in [0.717, 1.165) is 4.90 Å². The lowest BCUT2D eigenvalue weighted by atomic mass is 10.0. The van der Waals surface area contributed by atoms with Crippen molar-refractivity contribution < 1.29 is 37.5 Å². The van der Waals surface area contributed by atoms with Crippen LogP contribution in [0.5, 0.6) is 0 Å². The van der Waals surface area contributed by atoms with Crippen molar-refractivity contribution in [3.05, 3.63) is 29.3 Å². The number of sulfone groups is 1. The van der Waals surface area contributed by atoms with Gasteiger partial charge in [0.05, 0.1) is 22.6 Å². The Morgan fingerprint density at radius 3 is 2.52 bits per heavy atom. The van der Waals surface area contributed by atoms with Crippen LogP contribution in [0.25, 0.3) is 0 Å². The molecule has 0 aromatic heterocycles. The molecular formula is C18H20N4O8S. The van der Waals surface area contributed by atoms with Gasteiger partial charge in [0.25, 0.3) is 11.8 Å². The highest BCUT2D eigenvalue weighted by Crippen LogP contribution is 2.32. The normalized spacial score (nSPS) is 18.6. The second kappa shape index (κ2) is 8.71. The van der Waals surface area contributed by atoms with Gasteiger partial charge in [-0.1, -0.05) is 6.07 Å². The highest BCUT2D eigenvalue weighted by Gasteiger charge is 2.45. The SMILES string of the molecule is O=C(O)NCCS(=O)(=O)CCNc1cccc2c1C(=O)N(C1CCC(=O)NC1=O)C2=O. The molecule has 0 aliphatic carbocycles. The first-order valence-corrected chi connectivity index (χ1v) is 11.2. The Morgan fingerprint density at radius 1 is 1.13 bits per heavy atom. The molecule has 3 rings (SSSR count). The predicted molar refractivity (Wildman–Crippen MR) is 106 cm³/mol. The molecule has 1 unspecified atom stereocenters. The van der Waals surface area contributed by atoms with Gasteiger partial charge in [-0.3, -0.25) is 29.4 Å². The summed E-state index contributed by atoms with van der Waals surface area (Å²) in [5, 5.41) is 15.4. The number of piperidine rings is 1. The second-order valence-electron chi connectivity index (χ2n) is 6.99. The van der Waals surface area contributed by atoms with Crippen LogP contribution in [0.4, 0.5) is 10.5 Å². The van der Waals surface area contributed by atoms with Crippen molar-refractivity contribution in [2.75, 3.05) is 29.9 Å². The second-order valence-corrected chi connectivity index (χ2v) is 9.29. The summed E-state index contributed by atoms with van der Waals surface area (Å²) in [6.07, 6.45) is -1.29. The number of hydrogen-bond acceptors (Lipinski definition) is 8. The smallest absolute Gasteiger partial charge is 0.404 e. The lowest BCUT2D eigenvalue weighted by Gasteiger charge is -2.27. The van der Waals surface area contributed by atoms with E-state index in [4.69, 9.17) is 5.11 Å². The van der Waals surface area contributed by atoms with Gasteiger partial charge in [0.1, 0.15) is 6.04 Å². The van der Waals surface area contributed by atoms with E-state index in [0.29, 0.717) is 0 Å². The Hall–Kier alpha value is -3.48. The number of carboxylic acid groups (broad SMARTS) is 1. The van der Waals surface area contributed by atoms with Crippen LogP contribution < -0.4 is 16.0 Å². The fraction of sp³-hybridized carbons (Fsp3) is 0.389. The van der Waals surface area contributed by atoms with Gasteiger partial charge < -0.3 is 15.7 Å². The maximum absolute atomic E-state index is 12.9. The van der Waals surface area contributed by atoms with E-state index in [-0.39, 0.29) is 54.3 Å². The van der Waals surface area contributed by atoms with E-state index in [9.17, 15) is 32.4 Å². The molecule has 31 heavy (non-hydrogen) atoms. The fourth-order valence-corrected chi connectivity index (χ4v) is 4.45. The molecule has 2 heterocycles. The van der Waals surface area contributed by atoms with Gasteiger partial charge in [0.15, 0.2) is 9.84 Å². The van der Waals surface area contributed by atoms with Crippen molar-refractivity contribution in [3.8, 4) is 0 Å². The Bertz CT molecular complexity index is 1070. The molecule has 2 aliphatic rings. The van der Waals surface area contributed by atoms with E-state index in [1.807, 2.05) is 5.32 Å². The van der Waals surface area contributed by atoms with Crippen LogP contribution in [0.15, 0.2) is 18.2 Å². The largest absolute Gasteiger partial charge is 0.465 e. The average Bonchev–Trinajstić information content (AvgIpc) is 2.93. The molecule has 1 aromatic rings. The lowest BCUT2D eigenvalue weighted by Crippen LogP contribution is -2.54. The number of rotatable bonds is 8. The van der Waals surface area contributed by atoms with E-state index in [2.05, 4.69) is 10.6 Å². The van der Waals surface area contributed by atoms with Crippen LogP contribution in [0.3, 0.4) is 0 Å². The highest BCUT2D eigenvalue weighted by molar-refractivity contribution is 7.91. The van der Waals surface area contributed by atoms with Crippen molar-refractivity contribution >= 4 is 45.2 Å². The summed E-state index contributed by atoms with van der Waals surface area (Å²) in [7, 11) is -3.56. The summed E-state index contributed by atoms with van der Waals surface area (Å²) in [6, 6.07) is 3.36. The Labute approximate surface area is 176 Å². The standard InChI is InChI=1S/C18H20N4O8S/c23-13-5-4-12(15(24)21-13)22-16(25)10-2-1-3-11(14(10)17(22)26)19-6-8-31(29,30)9-7-20-18(27)28/h1-3,12,19-20H,4-9H2,(H,27,28)(H,21,23,24). The molecule has 2 aliphatic heterocycles. The maximum Gasteiger partial charge on any atom is 0.404 e. The number of carbonyl (C=O) groups excluding carboxylic acids is 4. The number of anilines is 1. The molecule has 166 valence electrons. The monoisotopic (exact) mass is 452 g/mol. The zero-order valence-corrected chi connectivity index (χ0v) is 17.0. The summed E-state index contributed by atoms with van der Waals surface area (Å²) in [5.41, 5.74) is 0.347. The fourth-order valence-electron chi connectivity index (χ4n) is 3.42. The van der Waals surface area contributed by atoms with Crippen molar-refractivity contribution in [1.82, 2.24) is 15.5 Å². The van der Waals surface area contributed by atoms with Crippen LogP contribution >= 0.6 is 0 Å². The molecule has 1 fully saturated rings. The first-order valence-electron chi connectivity index (χ1n) is 9.36. The third kappa shape index (κ3) is 4.82. The van der Waals surface area contributed by atoms with Gasteiger partial charge in [-0.25, -0.2) is 13.2 Å². The molecule has 0 radical (unpaired) electrons. The third-order valence-electron chi connectivity index (χ3n) is 4.89. The zero-order valence-electron chi connectivity index (χ0n) is 16.2. The minimum atomic E-state index is -3.56. The maximum atomic E-state index is 12.9. The number of nitrogens with one attached hydrogen (secondary N) is 3. The van der Waals surface area contributed by atoms with Crippen LogP contribution in [-0.4, -0.2) is 78.8 Å². The lowest BCUT2D eigenvalue weighted by molar-refractivity contribution is -0.136. The van der Waals surface area contributed by atoms with E-state index in [1.54, 1.807) is 0 Å². The number of nitrogens with zero attached hydrogens (tertiary/aromatic N) is 1. The highest BCUT2D eigenvalue weighted by atomic mass is 32.2. The van der Waals surface area contributed by atoms with Gasteiger partial charge in [-0.2, -0.15) is 0 Å². The number of fused-ring (bicyclic) bond motifs is 1. The quantitative estimate of drug-likeness (QED) is 0.367. The van der Waals surface area contributed by atoms with E-state index < -0.39 is 45.6 Å². The van der Waals surface area contributed by atoms with Crippen molar-refractivity contribution in [2.45, 2.75) is 18.9 Å². The van der Waals surface area contributed by atoms with Gasteiger partial charge >= 0.3 is 6.09 Å². The average molecular weight is 452 g/mol. The molecule has 12 nitrogen and oxygen atoms in total. The van der Waals surface area contributed by atoms with Crippen molar-refractivity contribution in [3.63, 3.8) is 0 Å². The predicted octanol–water partition coefficient (Wildman–Crippen LogP) is -0.818. The number of hydrogen-bond donors (Lipinski definition) is 4. The topological polar surface area (TPSA) is 179 Å². The Morgan fingerprint density at radius 2 is 1.84 bits per heavy atom. The first kappa shape index (κ1) is 22.2. The van der Waals surface area contributed by atoms with Crippen LogP contribution in [0, 0.1) is 0 Å². The summed E-state index contributed by atoms with van der Waals surface area (Å²) in [6.45, 7) is -0.321. The van der Waals surface area contributed by atoms with Crippen molar-refractivity contribution in [2.24, 2.45) is 0 Å². The molecule has 1 saturated heterocycles. The summed E-state index contributed by atoms with van der Waals surface area (Å²) < 4.78 is 24.0. The molecular weight excluding hydrogens is 432 g/mol. The minimum Gasteiger partial charge on any atom is -0.465 e. The molecule has 1 aromatic carbocycles. The molecule has 5 amide bonds. The molecule has 0 bridgehead atoms. The summed E-state index contributed by atoms with van der Waals surface area (Å²) in [5.74, 6) is -3.26. The minimum absolute atomic E-state index is 0.00349. The summed E-state index contributed by atoms with van der Waals surface area (Å²) >= 11 is 0. The number of amides is 5. The van der Waals surface area contributed by atoms with E-state index in [1.165, 1.54) is 18.2 Å². The van der Waals surface area contributed by atoms with Gasteiger partial charge in [-0.15, -0.1) is 0 Å². The summed E-state index contributed by atoms with van der Waals surface area (Å²) in [4.78, 5) is 60.4. The van der Waals surface area contributed by atoms with Crippen LogP contribution in [0.2, 0.25) is 0 Å². The zero-order chi connectivity index (χ0) is 22.8. The van der Waals surface area contributed by atoms with Crippen molar-refractivity contribution in [1.29, 1.82) is 0 Å². The third-order valence-corrected chi connectivity index (χ3v) is 6.54. The Balaban J connectivity index is 1.70. The number of imide groups is 2. The number of carbonyl (C=O) groups is 5. The van der Waals surface area contributed by atoms with E-state index >= 15 is 0 Å². The first-order chi connectivity index (χ1) is 14.6. The van der Waals surface area contributed by atoms with Crippen LogP contribution in [-0.2, 0) is 19.4 Å². The van der Waals surface area contributed by atoms with Gasteiger partial charge in [0.2, 0.25) is 11.8 Å². The van der Waals surface area contributed by atoms with Crippen LogP contribution in [0.1, 0.15) is 33.6 Å². The molecule has 1 atom stereocenters. The molecule has 0 saturated carbocycles. The Kier molecular flexibility index (Phi) is 6.24. The molecule has 4 N–H and O–H groups in total. The molecule has 13 heteroatoms.